The molecule has 1 aliphatic carbocycles. The summed E-state index contributed by atoms with van der Waals surface area (Å²) in [6.07, 6.45) is 12.3. The molecule has 3 rings (SSSR count). The Balaban J connectivity index is 1.41. The van der Waals surface area contributed by atoms with E-state index in [9.17, 15) is 0 Å². The Kier molecular flexibility index (Phi) is 4.57. The molecule has 0 unspecified atom stereocenters. The third-order valence-electron chi connectivity index (χ3n) is 4.84. The van der Waals surface area contributed by atoms with Gasteiger partial charge in [0.2, 0.25) is 0 Å². The topological polar surface area (TPSA) is 28.4 Å². The van der Waals surface area contributed by atoms with Gasteiger partial charge in [0.05, 0.1) is 12.5 Å². The van der Waals surface area contributed by atoms with Gasteiger partial charge in [-0.15, -0.1) is 0 Å². The summed E-state index contributed by atoms with van der Waals surface area (Å²) in [4.78, 5) is 2.75. The first kappa shape index (κ1) is 13.2. The molecule has 19 heavy (non-hydrogen) atoms. The molecule has 1 aromatic rings. The van der Waals surface area contributed by atoms with Gasteiger partial charge in [-0.2, -0.15) is 0 Å². The summed E-state index contributed by atoms with van der Waals surface area (Å²) in [5.74, 6) is 0.997. The van der Waals surface area contributed by atoms with Crippen LogP contribution in [0.5, 0.6) is 0 Å². The molecular formula is C16H26N2O. The van der Waals surface area contributed by atoms with Crippen LogP contribution in [0.4, 0.5) is 0 Å². The first-order chi connectivity index (χ1) is 9.43. The van der Waals surface area contributed by atoms with Gasteiger partial charge >= 0.3 is 0 Å². The molecule has 1 saturated carbocycles. The summed E-state index contributed by atoms with van der Waals surface area (Å²) in [6.45, 7) is 4.54. The van der Waals surface area contributed by atoms with Crippen LogP contribution in [0.2, 0.25) is 0 Å². The van der Waals surface area contributed by atoms with Crippen LogP contribution in [0.15, 0.2) is 23.0 Å². The Morgan fingerprint density at radius 2 is 2.11 bits per heavy atom. The number of nitrogens with one attached hydrogen (secondary N) is 1. The molecular weight excluding hydrogens is 236 g/mol. The standard InChI is InChI=1S/C16H26N2O/c1-2-6-16-15(4-1)5-3-9-18(16)10-8-17-12-14-7-11-19-13-14/h7,11,13,15-17H,1-6,8-10,12H2/t15-,16-/m1/s1. The Labute approximate surface area is 116 Å². The maximum atomic E-state index is 5.08. The summed E-state index contributed by atoms with van der Waals surface area (Å²) in [5.41, 5.74) is 1.24. The molecule has 106 valence electrons. The number of hydrogen-bond acceptors (Lipinski definition) is 3. The Hall–Kier alpha value is -0.800. The lowest BCUT2D eigenvalue weighted by Gasteiger charge is -2.44. The van der Waals surface area contributed by atoms with Crippen molar-refractivity contribution in [2.75, 3.05) is 19.6 Å². The minimum Gasteiger partial charge on any atom is -0.472 e. The van der Waals surface area contributed by atoms with Crippen LogP contribution in [-0.2, 0) is 6.54 Å². The molecule has 0 spiro atoms. The molecule has 0 radical (unpaired) electrons. The molecule has 2 fully saturated rings. The van der Waals surface area contributed by atoms with Gasteiger partial charge in [-0.3, -0.25) is 4.90 Å². The smallest absolute Gasteiger partial charge is 0.0947 e. The van der Waals surface area contributed by atoms with Crippen LogP contribution in [0.3, 0.4) is 0 Å². The minimum absolute atomic E-state index is 0.887. The summed E-state index contributed by atoms with van der Waals surface area (Å²) in [7, 11) is 0. The third-order valence-corrected chi connectivity index (χ3v) is 4.84. The molecule has 3 nitrogen and oxygen atoms in total. The predicted molar refractivity (Wildman–Crippen MR) is 77.0 cm³/mol. The molecule has 1 N–H and O–H groups in total. The van der Waals surface area contributed by atoms with Crippen molar-refractivity contribution < 1.29 is 4.42 Å². The summed E-state index contributed by atoms with van der Waals surface area (Å²) < 4.78 is 5.08. The van der Waals surface area contributed by atoms with E-state index in [1.165, 1.54) is 57.2 Å². The third kappa shape index (κ3) is 3.40. The van der Waals surface area contributed by atoms with Gasteiger partial charge in [0.15, 0.2) is 0 Å². The molecule has 0 bridgehead atoms. The van der Waals surface area contributed by atoms with Crippen molar-refractivity contribution >= 4 is 0 Å². The van der Waals surface area contributed by atoms with Crippen LogP contribution >= 0.6 is 0 Å². The maximum Gasteiger partial charge on any atom is 0.0947 e. The summed E-state index contributed by atoms with van der Waals surface area (Å²) in [6, 6.07) is 2.92. The predicted octanol–water partition coefficient (Wildman–Crippen LogP) is 3.02. The van der Waals surface area contributed by atoms with E-state index in [0.717, 1.165) is 25.0 Å². The quantitative estimate of drug-likeness (QED) is 0.827. The highest BCUT2D eigenvalue weighted by Gasteiger charge is 2.32. The number of piperidine rings is 1. The summed E-state index contributed by atoms with van der Waals surface area (Å²) in [5, 5.41) is 3.53. The molecule has 1 aliphatic heterocycles. The number of hydrogen-bond donors (Lipinski definition) is 1. The van der Waals surface area contributed by atoms with Gasteiger partial charge in [-0.05, 0) is 44.2 Å². The zero-order valence-corrected chi connectivity index (χ0v) is 11.8. The first-order valence-electron chi connectivity index (χ1n) is 7.89. The second-order valence-corrected chi connectivity index (χ2v) is 6.10. The molecule has 2 atom stereocenters. The molecule has 0 aromatic carbocycles. The van der Waals surface area contributed by atoms with Crippen molar-refractivity contribution in [3.63, 3.8) is 0 Å². The van der Waals surface area contributed by atoms with Crippen molar-refractivity contribution in [3.05, 3.63) is 24.2 Å². The van der Waals surface area contributed by atoms with E-state index in [-0.39, 0.29) is 0 Å². The number of furan rings is 1. The average molecular weight is 262 g/mol. The Morgan fingerprint density at radius 3 is 3.00 bits per heavy atom. The van der Waals surface area contributed by atoms with Crippen molar-refractivity contribution in [1.29, 1.82) is 0 Å². The highest BCUT2D eigenvalue weighted by atomic mass is 16.3. The fourth-order valence-electron chi connectivity index (χ4n) is 3.85. The van der Waals surface area contributed by atoms with Crippen LogP contribution in [0.25, 0.3) is 0 Å². The van der Waals surface area contributed by atoms with Gasteiger partial charge in [0.25, 0.3) is 0 Å². The SMILES string of the molecule is c1cc(CNCCN2CCC[C@H]3CCCC[C@H]32)co1. The lowest BCUT2D eigenvalue weighted by Crippen LogP contribution is -2.48. The lowest BCUT2D eigenvalue weighted by molar-refractivity contribution is 0.0618. The van der Waals surface area contributed by atoms with Crippen LogP contribution < -0.4 is 5.32 Å². The van der Waals surface area contributed by atoms with Gasteiger partial charge < -0.3 is 9.73 Å². The Morgan fingerprint density at radius 1 is 1.21 bits per heavy atom. The molecule has 1 aromatic heterocycles. The second kappa shape index (κ2) is 6.58. The fourth-order valence-corrected chi connectivity index (χ4v) is 3.85. The van der Waals surface area contributed by atoms with E-state index in [1.807, 2.05) is 12.3 Å². The maximum absolute atomic E-state index is 5.08. The molecule has 3 heteroatoms. The van der Waals surface area contributed by atoms with Gasteiger partial charge in [0.1, 0.15) is 0 Å². The highest BCUT2D eigenvalue weighted by Crippen LogP contribution is 2.34. The zero-order valence-electron chi connectivity index (χ0n) is 11.8. The average Bonchev–Trinajstić information content (AvgIpc) is 2.97. The van der Waals surface area contributed by atoms with Crippen LogP contribution in [-0.4, -0.2) is 30.6 Å². The molecule has 1 saturated heterocycles. The van der Waals surface area contributed by atoms with E-state index < -0.39 is 0 Å². The van der Waals surface area contributed by atoms with Crippen molar-refractivity contribution in [2.24, 2.45) is 5.92 Å². The number of rotatable bonds is 5. The van der Waals surface area contributed by atoms with Crippen LogP contribution in [0, 0.1) is 5.92 Å². The van der Waals surface area contributed by atoms with E-state index in [4.69, 9.17) is 4.42 Å². The van der Waals surface area contributed by atoms with E-state index >= 15 is 0 Å². The normalized spacial score (nSPS) is 28.2. The van der Waals surface area contributed by atoms with Gasteiger partial charge in [-0.25, -0.2) is 0 Å². The Bertz CT molecular complexity index is 361. The molecule has 0 amide bonds. The monoisotopic (exact) mass is 262 g/mol. The van der Waals surface area contributed by atoms with Crippen molar-refractivity contribution in [2.45, 2.75) is 51.1 Å². The van der Waals surface area contributed by atoms with Crippen molar-refractivity contribution in [1.82, 2.24) is 10.2 Å². The molecule has 2 heterocycles. The van der Waals surface area contributed by atoms with E-state index in [2.05, 4.69) is 10.2 Å². The fraction of sp³-hybridized carbons (Fsp3) is 0.750. The number of fused-ring (bicyclic) bond motifs is 1. The first-order valence-corrected chi connectivity index (χ1v) is 7.89. The number of likely N-dealkylation sites (tertiary alicyclic amines) is 1. The van der Waals surface area contributed by atoms with E-state index in [1.54, 1.807) is 6.26 Å². The van der Waals surface area contributed by atoms with Gasteiger partial charge in [0, 0.05) is 31.2 Å². The van der Waals surface area contributed by atoms with Gasteiger partial charge in [-0.1, -0.05) is 12.8 Å². The largest absolute Gasteiger partial charge is 0.472 e. The highest BCUT2D eigenvalue weighted by molar-refractivity contribution is 5.04. The lowest BCUT2D eigenvalue weighted by atomic mass is 9.78. The molecule has 2 aliphatic rings. The minimum atomic E-state index is 0.887. The van der Waals surface area contributed by atoms with E-state index in [0.29, 0.717) is 0 Å². The van der Waals surface area contributed by atoms with Crippen LogP contribution in [0.1, 0.15) is 44.1 Å². The summed E-state index contributed by atoms with van der Waals surface area (Å²) >= 11 is 0. The zero-order chi connectivity index (χ0) is 12.9. The number of nitrogens with zero attached hydrogens (tertiary/aromatic N) is 1. The second-order valence-electron chi connectivity index (χ2n) is 6.10. The van der Waals surface area contributed by atoms with Crippen molar-refractivity contribution in [3.8, 4) is 0 Å².